The van der Waals surface area contributed by atoms with Gasteiger partial charge in [0.2, 0.25) is 10.9 Å². The second-order valence-electron chi connectivity index (χ2n) is 5.59. The first kappa shape index (κ1) is 17.4. The fourth-order valence-corrected chi connectivity index (χ4v) is 3.63. The summed E-state index contributed by atoms with van der Waals surface area (Å²) in [4.78, 5) is 26.0. The standard InChI is InChI=1S/C16H17FN4O3S/c1-24-9-13(22)21-7-3-6-12(21)15-19-20-16(25-15)14(23)18-11-5-2-4-10(17)8-11/h2,4-5,8,12H,3,6-7,9H2,1H3,(H,18,23)/t12-/m1/s1. The molecule has 9 heteroatoms. The molecule has 2 amide bonds. The number of anilines is 1. The summed E-state index contributed by atoms with van der Waals surface area (Å²) in [5.41, 5.74) is 0.347. The highest BCUT2D eigenvalue weighted by molar-refractivity contribution is 7.13. The number of amides is 2. The predicted molar refractivity (Wildman–Crippen MR) is 89.8 cm³/mol. The van der Waals surface area contributed by atoms with Crippen molar-refractivity contribution in [1.82, 2.24) is 15.1 Å². The number of nitrogens with zero attached hydrogens (tertiary/aromatic N) is 3. The van der Waals surface area contributed by atoms with Gasteiger partial charge in [-0.15, -0.1) is 10.2 Å². The molecular formula is C16H17FN4O3S. The molecule has 2 heterocycles. The van der Waals surface area contributed by atoms with Gasteiger partial charge in [0.1, 0.15) is 17.4 Å². The summed E-state index contributed by atoms with van der Waals surface area (Å²) in [6.07, 6.45) is 1.64. The van der Waals surface area contributed by atoms with Gasteiger partial charge in [-0.05, 0) is 31.0 Å². The van der Waals surface area contributed by atoms with Crippen LogP contribution in [0.5, 0.6) is 0 Å². The first-order chi connectivity index (χ1) is 12.1. The Labute approximate surface area is 147 Å². The van der Waals surface area contributed by atoms with Gasteiger partial charge < -0.3 is 15.0 Å². The van der Waals surface area contributed by atoms with Gasteiger partial charge in [0, 0.05) is 19.3 Å². The van der Waals surface area contributed by atoms with E-state index in [1.54, 1.807) is 11.0 Å². The van der Waals surface area contributed by atoms with E-state index in [1.165, 1.54) is 25.3 Å². The van der Waals surface area contributed by atoms with Crippen molar-refractivity contribution in [3.63, 3.8) is 0 Å². The first-order valence-electron chi connectivity index (χ1n) is 7.77. The molecule has 1 aromatic carbocycles. The molecule has 0 aliphatic carbocycles. The van der Waals surface area contributed by atoms with Crippen molar-refractivity contribution in [2.24, 2.45) is 0 Å². The van der Waals surface area contributed by atoms with Crippen LogP contribution in [0.4, 0.5) is 10.1 Å². The molecule has 1 atom stereocenters. The summed E-state index contributed by atoms with van der Waals surface area (Å²) in [6, 6.07) is 5.43. The van der Waals surface area contributed by atoms with Crippen molar-refractivity contribution in [3.8, 4) is 0 Å². The summed E-state index contributed by atoms with van der Waals surface area (Å²) >= 11 is 1.14. The van der Waals surface area contributed by atoms with Crippen LogP contribution in [-0.2, 0) is 9.53 Å². The molecule has 0 spiro atoms. The number of halogens is 1. The molecule has 1 aromatic heterocycles. The van der Waals surface area contributed by atoms with E-state index in [2.05, 4.69) is 15.5 Å². The highest BCUT2D eigenvalue weighted by Crippen LogP contribution is 2.33. The maximum atomic E-state index is 13.2. The highest BCUT2D eigenvalue weighted by Gasteiger charge is 2.32. The molecule has 1 fully saturated rings. The third-order valence-corrected chi connectivity index (χ3v) is 4.87. The average Bonchev–Trinajstić information content (AvgIpc) is 3.24. The fourth-order valence-electron chi connectivity index (χ4n) is 2.74. The highest BCUT2D eigenvalue weighted by atomic mass is 32.1. The summed E-state index contributed by atoms with van der Waals surface area (Å²) in [5.74, 6) is -0.998. The first-order valence-corrected chi connectivity index (χ1v) is 8.59. The number of carbonyl (C=O) groups is 2. The summed E-state index contributed by atoms with van der Waals surface area (Å²) < 4.78 is 18.1. The van der Waals surface area contributed by atoms with Gasteiger partial charge in [0.15, 0.2) is 0 Å². The summed E-state index contributed by atoms with van der Waals surface area (Å²) in [5, 5.41) is 11.4. The minimum absolute atomic E-state index is 0.0161. The van der Waals surface area contributed by atoms with Crippen molar-refractivity contribution in [3.05, 3.63) is 40.1 Å². The van der Waals surface area contributed by atoms with E-state index in [0.29, 0.717) is 17.2 Å². The molecule has 2 aromatic rings. The van der Waals surface area contributed by atoms with E-state index in [-0.39, 0.29) is 23.6 Å². The van der Waals surface area contributed by atoms with Crippen LogP contribution in [0.2, 0.25) is 0 Å². The van der Waals surface area contributed by atoms with Crippen LogP contribution in [0.3, 0.4) is 0 Å². The Morgan fingerprint density at radius 3 is 3.04 bits per heavy atom. The van der Waals surface area contributed by atoms with E-state index < -0.39 is 11.7 Å². The normalized spacial score (nSPS) is 16.9. The zero-order valence-electron chi connectivity index (χ0n) is 13.6. The smallest absolute Gasteiger partial charge is 0.286 e. The Hall–Kier alpha value is -2.39. The van der Waals surface area contributed by atoms with Gasteiger partial charge in [-0.2, -0.15) is 0 Å². The van der Waals surface area contributed by atoms with Crippen LogP contribution < -0.4 is 5.32 Å². The lowest BCUT2D eigenvalue weighted by molar-refractivity contribution is -0.136. The zero-order chi connectivity index (χ0) is 17.8. The van der Waals surface area contributed by atoms with Crippen LogP contribution in [-0.4, -0.2) is 47.2 Å². The van der Waals surface area contributed by atoms with Crippen LogP contribution in [0, 0.1) is 5.82 Å². The fraction of sp³-hybridized carbons (Fsp3) is 0.375. The second kappa shape index (κ2) is 7.66. The number of nitrogens with one attached hydrogen (secondary N) is 1. The van der Waals surface area contributed by atoms with Gasteiger partial charge in [-0.1, -0.05) is 17.4 Å². The van der Waals surface area contributed by atoms with Gasteiger partial charge in [0.05, 0.1) is 6.04 Å². The Morgan fingerprint density at radius 1 is 1.44 bits per heavy atom. The Morgan fingerprint density at radius 2 is 2.28 bits per heavy atom. The summed E-state index contributed by atoms with van der Waals surface area (Å²) in [7, 11) is 1.47. The topological polar surface area (TPSA) is 84.4 Å². The molecule has 0 bridgehead atoms. The maximum absolute atomic E-state index is 13.2. The lowest BCUT2D eigenvalue weighted by Crippen LogP contribution is -2.33. The Bertz CT molecular complexity index is 782. The molecule has 1 saturated heterocycles. The van der Waals surface area contributed by atoms with Crippen LogP contribution in [0.15, 0.2) is 24.3 Å². The maximum Gasteiger partial charge on any atom is 0.286 e. The van der Waals surface area contributed by atoms with Gasteiger partial charge >= 0.3 is 0 Å². The monoisotopic (exact) mass is 364 g/mol. The molecule has 3 rings (SSSR count). The third kappa shape index (κ3) is 3.99. The van der Waals surface area contributed by atoms with E-state index in [0.717, 1.165) is 24.2 Å². The van der Waals surface area contributed by atoms with Crippen LogP contribution >= 0.6 is 11.3 Å². The number of likely N-dealkylation sites (tertiary alicyclic amines) is 1. The number of aromatic nitrogens is 2. The number of ether oxygens (including phenoxy) is 1. The van der Waals surface area contributed by atoms with Crippen molar-refractivity contribution in [1.29, 1.82) is 0 Å². The summed E-state index contributed by atoms with van der Waals surface area (Å²) in [6.45, 7) is 0.652. The molecule has 1 aliphatic heterocycles. The average molecular weight is 364 g/mol. The molecule has 1 N–H and O–H groups in total. The molecule has 25 heavy (non-hydrogen) atoms. The Kier molecular flexibility index (Phi) is 5.34. The van der Waals surface area contributed by atoms with E-state index in [4.69, 9.17) is 4.74 Å². The second-order valence-corrected chi connectivity index (χ2v) is 6.60. The van der Waals surface area contributed by atoms with Crippen molar-refractivity contribution in [2.45, 2.75) is 18.9 Å². The molecular weight excluding hydrogens is 347 g/mol. The van der Waals surface area contributed by atoms with Crippen molar-refractivity contribution in [2.75, 3.05) is 25.6 Å². The minimum atomic E-state index is -0.456. The number of benzene rings is 1. The SMILES string of the molecule is COCC(=O)N1CCC[C@@H]1c1nnc(C(=O)Nc2cccc(F)c2)s1. The van der Waals surface area contributed by atoms with Gasteiger partial charge in [-0.3, -0.25) is 9.59 Å². The van der Waals surface area contributed by atoms with Crippen molar-refractivity contribution < 1.29 is 18.7 Å². The molecule has 1 aliphatic rings. The molecule has 0 unspecified atom stereocenters. The molecule has 132 valence electrons. The van der Waals surface area contributed by atoms with E-state index >= 15 is 0 Å². The third-order valence-electron chi connectivity index (χ3n) is 3.84. The van der Waals surface area contributed by atoms with E-state index in [9.17, 15) is 14.0 Å². The van der Waals surface area contributed by atoms with Gasteiger partial charge in [0.25, 0.3) is 5.91 Å². The number of carbonyl (C=O) groups excluding carboxylic acids is 2. The van der Waals surface area contributed by atoms with E-state index in [1.807, 2.05) is 0 Å². The quantitative estimate of drug-likeness (QED) is 0.880. The Balaban J connectivity index is 1.71. The number of methoxy groups -OCH3 is 1. The zero-order valence-corrected chi connectivity index (χ0v) is 14.4. The molecule has 0 saturated carbocycles. The van der Waals surface area contributed by atoms with Crippen LogP contribution in [0.1, 0.15) is 33.7 Å². The van der Waals surface area contributed by atoms with Crippen LogP contribution in [0.25, 0.3) is 0 Å². The predicted octanol–water partition coefficient (Wildman–Crippen LogP) is 2.24. The minimum Gasteiger partial charge on any atom is -0.375 e. The lowest BCUT2D eigenvalue weighted by atomic mass is 10.2. The largest absolute Gasteiger partial charge is 0.375 e. The number of hydrogen-bond acceptors (Lipinski definition) is 6. The number of hydrogen-bond donors (Lipinski definition) is 1. The van der Waals surface area contributed by atoms with Gasteiger partial charge in [-0.25, -0.2) is 4.39 Å². The molecule has 0 radical (unpaired) electrons. The van der Waals surface area contributed by atoms with Crippen molar-refractivity contribution >= 4 is 28.8 Å². The molecule has 7 nitrogen and oxygen atoms in total. The lowest BCUT2D eigenvalue weighted by Gasteiger charge is -2.22. The number of rotatable bonds is 5.